The molecular weight excluding hydrogens is 577 g/mol. The summed E-state index contributed by atoms with van der Waals surface area (Å²) in [5.74, 6) is 1.31. The maximum atomic E-state index is 15.8. The molecule has 11 nitrogen and oxygen atoms in total. The van der Waals surface area contributed by atoms with E-state index in [0.29, 0.717) is 57.5 Å². The van der Waals surface area contributed by atoms with E-state index in [0.717, 1.165) is 54.5 Å². The molecule has 43 heavy (non-hydrogen) atoms. The van der Waals surface area contributed by atoms with E-state index in [1.54, 1.807) is 35.1 Å². The minimum Gasteiger partial charge on any atom is -0.481 e. The van der Waals surface area contributed by atoms with E-state index >= 15 is 4.39 Å². The second kappa shape index (κ2) is 11.4. The van der Waals surface area contributed by atoms with Crippen molar-refractivity contribution in [3.8, 4) is 5.75 Å². The van der Waals surface area contributed by atoms with E-state index in [9.17, 15) is 9.59 Å². The molecule has 4 aliphatic rings. The standard InChI is InChI=1S/C30H33ClFN7O4/c1-18(40)37-8-9-38-25(16-37)34-22-6-7-39(29(28(22)38)27-21(32)14-20(15-33-27)19-2-3-19)26(41)17-43-23-4-5-24(35-30(23)31)36-10-12-42-13-11-36/h4-5,14-15,19,29H,2-3,6-13,16-17H2,1H3. The van der Waals surface area contributed by atoms with E-state index in [2.05, 4.69) is 14.9 Å². The minimum atomic E-state index is -0.782. The van der Waals surface area contributed by atoms with Crippen LogP contribution in [0.5, 0.6) is 5.75 Å². The highest BCUT2D eigenvalue weighted by molar-refractivity contribution is 6.31. The molecule has 0 bridgehead atoms. The first-order valence-corrected chi connectivity index (χ1v) is 15.2. The van der Waals surface area contributed by atoms with Crippen LogP contribution in [-0.4, -0.2) is 87.1 Å². The second-order valence-electron chi connectivity index (χ2n) is 11.4. The summed E-state index contributed by atoms with van der Waals surface area (Å²) >= 11 is 6.46. The number of halogens is 2. The molecule has 0 spiro atoms. The number of carbonyl (C=O) groups excluding carboxylic acids is 2. The molecule has 3 aromatic rings. The summed E-state index contributed by atoms with van der Waals surface area (Å²) in [5, 5.41) is 0.164. The monoisotopic (exact) mass is 609 g/mol. The average Bonchev–Trinajstić information content (AvgIpc) is 3.80. The number of nitrogens with zero attached hydrogens (tertiary/aromatic N) is 7. The lowest BCUT2D eigenvalue weighted by atomic mass is 9.97. The fraction of sp³-hybridized carbons (Fsp3) is 0.500. The van der Waals surface area contributed by atoms with Crippen molar-refractivity contribution in [1.29, 1.82) is 0 Å². The van der Waals surface area contributed by atoms with Crippen molar-refractivity contribution in [2.45, 2.75) is 51.2 Å². The van der Waals surface area contributed by atoms with Crippen LogP contribution >= 0.6 is 11.6 Å². The van der Waals surface area contributed by atoms with Gasteiger partial charge in [-0.1, -0.05) is 11.6 Å². The van der Waals surface area contributed by atoms with Crippen molar-refractivity contribution < 1.29 is 23.5 Å². The minimum absolute atomic E-state index is 0.0211. The molecule has 6 heterocycles. The van der Waals surface area contributed by atoms with Crippen molar-refractivity contribution in [2.24, 2.45) is 0 Å². The van der Waals surface area contributed by atoms with Gasteiger partial charge in [-0.2, -0.15) is 0 Å². The number of fused-ring (bicyclic) bond motifs is 3. The van der Waals surface area contributed by atoms with E-state index in [1.165, 1.54) is 0 Å². The highest BCUT2D eigenvalue weighted by atomic mass is 35.5. The molecule has 3 aliphatic heterocycles. The number of morpholine rings is 1. The van der Waals surface area contributed by atoms with Gasteiger partial charge in [-0.3, -0.25) is 14.6 Å². The van der Waals surface area contributed by atoms with E-state index in [4.69, 9.17) is 26.1 Å². The molecule has 1 unspecified atom stereocenters. The molecule has 226 valence electrons. The van der Waals surface area contributed by atoms with Gasteiger partial charge in [-0.25, -0.2) is 14.4 Å². The molecule has 2 fully saturated rings. The summed E-state index contributed by atoms with van der Waals surface area (Å²) in [4.78, 5) is 45.2. The van der Waals surface area contributed by atoms with Crippen LogP contribution in [0.1, 0.15) is 60.2 Å². The maximum Gasteiger partial charge on any atom is 0.261 e. The second-order valence-corrected chi connectivity index (χ2v) is 11.8. The number of hydrogen-bond acceptors (Lipinski definition) is 8. The first-order chi connectivity index (χ1) is 20.9. The third kappa shape index (κ3) is 5.42. The summed E-state index contributed by atoms with van der Waals surface area (Å²) in [6, 6.07) is 4.30. The fourth-order valence-corrected chi connectivity index (χ4v) is 6.44. The van der Waals surface area contributed by atoms with Gasteiger partial charge in [0.05, 0.1) is 31.1 Å². The third-order valence-electron chi connectivity index (χ3n) is 8.70. The molecule has 7 rings (SSSR count). The van der Waals surface area contributed by atoms with Crippen molar-refractivity contribution in [2.75, 3.05) is 50.9 Å². The number of pyridine rings is 2. The van der Waals surface area contributed by atoms with Gasteiger partial charge in [0.1, 0.15) is 29.2 Å². The molecule has 1 atom stereocenters. The van der Waals surface area contributed by atoms with Crippen LogP contribution < -0.4 is 9.64 Å². The summed E-state index contributed by atoms with van der Waals surface area (Å²) in [6.45, 7) is 5.63. The van der Waals surface area contributed by atoms with Gasteiger partial charge in [0.2, 0.25) is 5.91 Å². The number of aromatic nitrogens is 4. The quantitative estimate of drug-likeness (QED) is 0.393. The molecule has 0 radical (unpaired) electrons. The van der Waals surface area contributed by atoms with E-state index in [1.807, 2.05) is 10.6 Å². The van der Waals surface area contributed by atoms with Crippen molar-refractivity contribution in [1.82, 2.24) is 29.3 Å². The molecule has 1 saturated heterocycles. The molecule has 3 aromatic heterocycles. The van der Waals surface area contributed by atoms with Gasteiger partial charge in [0, 0.05) is 52.3 Å². The Kier molecular flexibility index (Phi) is 7.42. The number of carbonyl (C=O) groups is 2. The molecule has 1 saturated carbocycles. The Labute approximate surface area is 253 Å². The summed E-state index contributed by atoms with van der Waals surface area (Å²) in [7, 11) is 0. The Morgan fingerprint density at radius 2 is 1.93 bits per heavy atom. The van der Waals surface area contributed by atoms with Crippen LogP contribution in [-0.2, 0) is 33.8 Å². The van der Waals surface area contributed by atoms with Gasteiger partial charge in [-0.15, -0.1) is 0 Å². The summed E-state index contributed by atoms with van der Waals surface area (Å²) < 4.78 is 29.1. The Morgan fingerprint density at radius 1 is 1.12 bits per heavy atom. The first-order valence-electron chi connectivity index (χ1n) is 14.8. The molecule has 2 amide bonds. The molecule has 1 aliphatic carbocycles. The molecule has 0 N–H and O–H groups in total. The average molecular weight is 610 g/mol. The molecule has 13 heteroatoms. The van der Waals surface area contributed by atoms with Crippen LogP contribution in [0, 0.1) is 5.82 Å². The largest absolute Gasteiger partial charge is 0.481 e. The highest BCUT2D eigenvalue weighted by Crippen LogP contribution is 2.42. The van der Waals surface area contributed by atoms with Crippen LogP contribution in [0.4, 0.5) is 10.2 Å². The number of anilines is 1. The Balaban J connectivity index is 1.17. The lowest BCUT2D eigenvalue weighted by Crippen LogP contribution is -2.45. The first kappa shape index (κ1) is 28.0. The Hall–Kier alpha value is -3.77. The third-order valence-corrected chi connectivity index (χ3v) is 8.97. The van der Waals surface area contributed by atoms with Crippen molar-refractivity contribution in [3.05, 3.63) is 63.8 Å². The summed E-state index contributed by atoms with van der Waals surface area (Å²) in [5.41, 5.74) is 2.62. The number of imidazole rings is 1. The zero-order chi connectivity index (χ0) is 29.7. The number of ether oxygens (including phenoxy) is 2. The topological polar surface area (TPSA) is 106 Å². The van der Waals surface area contributed by atoms with Gasteiger partial charge in [-0.05, 0) is 42.5 Å². The Bertz CT molecular complexity index is 1570. The van der Waals surface area contributed by atoms with Crippen LogP contribution in [0.25, 0.3) is 0 Å². The Morgan fingerprint density at radius 3 is 2.65 bits per heavy atom. The normalized spacial score (nSPS) is 20.1. The fourth-order valence-electron chi connectivity index (χ4n) is 6.23. The van der Waals surface area contributed by atoms with Crippen LogP contribution in [0.2, 0.25) is 5.15 Å². The predicted octanol–water partition coefficient (Wildman–Crippen LogP) is 3.09. The van der Waals surface area contributed by atoms with Gasteiger partial charge < -0.3 is 28.7 Å². The predicted molar refractivity (Wildman–Crippen MR) is 155 cm³/mol. The zero-order valence-electron chi connectivity index (χ0n) is 24.0. The van der Waals surface area contributed by atoms with Crippen molar-refractivity contribution in [3.63, 3.8) is 0 Å². The van der Waals surface area contributed by atoms with Crippen LogP contribution in [0.3, 0.4) is 0 Å². The molecule has 0 aromatic carbocycles. The van der Waals surface area contributed by atoms with Gasteiger partial charge >= 0.3 is 0 Å². The SMILES string of the molecule is CC(=O)N1CCn2c(nc3c2C(c2ncc(C4CC4)cc2F)N(C(=O)COc2ccc(N4CCOCC4)nc2Cl)CC3)C1. The van der Waals surface area contributed by atoms with E-state index in [-0.39, 0.29) is 29.3 Å². The maximum absolute atomic E-state index is 15.8. The number of hydrogen-bond donors (Lipinski definition) is 0. The van der Waals surface area contributed by atoms with Gasteiger partial charge in [0.25, 0.3) is 5.91 Å². The van der Waals surface area contributed by atoms with Gasteiger partial charge in [0.15, 0.2) is 17.5 Å². The van der Waals surface area contributed by atoms with Crippen molar-refractivity contribution >= 4 is 29.2 Å². The smallest absolute Gasteiger partial charge is 0.261 e. The molecular formula is C30H33ClFN7O4. The van der Waals surface area contributed by atoms with E-state index < -0.39 is 11.9 Å². The highest BCUT2D eigenvalue weighted by Gasteiger charge is 2.40. The number of amides is 2. The lowest BCUT2D eigenvalue weighted by molar-refractivity contribution is -0.135. The lowest BCUT2D eigenvalue weighted by Gasteiger charge is -2.37. The number of rotatable bonds is 6. The summed E-state index contributed by atoms with van der Waals surface area (Å²) in [6.07, 6.45) is 4.29. The zero-order valence-corrected chi connectivity index (χ0v) is 24.7. The van der Waals surface area contributed by atoms with Crippen LogP contribution in [0.15, 0.2) is 24.4 Å².